The Kier molecular flexibility index (Phi) is 3.35. The molecule has 0 amide bonds. The van der Waals surface area contributed by atoms with E-state index in [0.29, 0.717) is 0 Å². The molecule has 0 spiro atoms. The third-order valence-electron chi connectivity index (χ3n) is 2.49. The fraction of sp³-hybridized carbons (Fsp3) is 0.231. The average Bonchev–Trinajstić information content (AvgIpc) is 2.27. The zero-order valence-electron chi connectivity index (χ0n) is 9.70. The van der Waals surface area contributed by atoms with Gasteiger partial charge in [-0.25, -0.2) is 0 Å². The van der Waals surface area contributed by atoms with Crippen molar-refractivity contribution >= 4 is 36.6 Å². The van der Waals surface area contributed by atoms with E-state index < -0.39 is 20.1 Å². The number of hydrogen-bond donors (Lipinski definition) is 0. The standard InChI is InChI=1S/C13H15INO/c1-10-4-5-12-9-13(15(16)14(2)3)7-6-11(12)8-10/h4-9H,1-3H3/q-1. The number of benzene rings is 2. The number of nitrogens with zero attached hydrogens (tertiary/aromatic N) is 1. The normalized spacial score (nSPS) is 11.6. The Morgan fingerprint density at radius 3 is 2.31 bits per heavy atom. The summed E-state index contributed by atoms with van der Waals surface area (Å²) < 4.78 is 1.20. The van der Waals surface area contributed by atoms with Crippen LogP contribution in [0.25, 0.3) is 10.8 Å². The molecule has 0 saturated carbocycles. The van der Waals surface area contributed by atoms with Gasteiger partial charge >= 0.3 is 104 Å². The van der Waals surface area contributed by atoms with Crippen molar-refractivity contribution in [2.45, 2.75) is 6.92 Å². The van der Waals surface area contributed by atoms with Crippen LogP contribution < -0.4 is 3.28 Å². The molecule has 0 radical (unpaired) electrons. The minimum atomic E-state index is -1.47. The summed E-state index contributed by atoms with van der Waals surface area (Å²) in [6.45, 7) is 2.08. The molecule has 2 nitrogen and oxygen atoms in total. The second kappa shape index (κ2) is 4.59. The van der Waals surface area contributed by atoms with Crippen LogP contribution >= 0.6 is 20.1 Å². The van der Waals surface area contributed by atoms with Crippen LogP contribution in [0.2, 0.25) is 0 Å². The molecule has 0 atom stereocenters. The molecule has 0 saturated heterocycles. The number of rotatable bonds is 2. The molecule has 3 heteroatoms. The van der Waals surface area contributed by atoms with Crippen LogP contribution in [0.5, 0.6) is 0 Å². The van der Waals surface area contributed by atoms with Crippen LogP contribution in [0, 0.1) is 12.1 Å². The van der Waals surface area contributed by atoms with Crippen molar-refractivity contribution in [3.8, 4) is 0 Å². The Labute approximate surface area is 104 Å². The Hall–Kier alpha value is -0.810. The summed E-state index contributed by atoms with van der Waals surface area (Å²) in [5.74, 6) is 0. The van der Waals surface area contributed by atoms with Crippen molar-refractivity contribution in [1.82, 2.24) is 0 Å². The average molecular weight is 328 g/mol. The molecule has 86 valence electrons. The molecule has 0 N–H and O–H groups in total. The Bertz CT molecular complexity index is 510. The van der Waals surface area contributed by atoms with E-state index in [4.69, 9.17) is 0 Å². The summed E-state index contributed by atoms with van der Waals surface area (Å²) in [6, 6.07) is 12.2. The van der Waals surface area contributed by atoms with E-state index in [0.717, 1.165) is 11.1 Å². The molecule has 16 heavy (non-hydrogen) atoms. The minimum absolute atomic E-state index is 0.798. The molecule has 0 unspecified atom stereocenters. The van der Waals surface area contributed by atoms with Gasteiger partial charge in [0.15, 0.2) is 0 Å². The molecule has 2 rings (SSSR count). The van der Waals surface area contributed by atoms with Crippen molar-refractivity contribution in [2.75, 3.05) is 13.1 Å². The summed E-state index contributed by atoms with van der Waals surface area (Å²) in [4.78, 5) is 4.10. The number of alkyl halides is 2. The first-order valence-electron chi connectivity index (χ1n) is 5.06. The van der Waals surface area contributed by atoms with E-state index >= 15 is 0 Å². The van der Waals surface area contributed by atoms with Gasteiger partial charge in [-0.2, -0.15) is 0 Å². The van der Waals surface area contributed by atoms with Gasteiger partial charge in [-0.05, 0) is 0 Å². The first-order chi connectivity index (χ1) is 7.58. The third-order valence-corrected chi connectivity index (χ3v) is 4.80. The predicted molar refractivity (Wildman–Crippen MR) is 80.4 cm³/mol. The van der Waals surface area contributed by atoms with E-state index in [2.05, 4.69) is 35.0 Å². The number of halogens is 1. The van der Waals surface area contributed by atoms with Crippen molar-refractivity contribution in [2.24, 2.45) is 0 Å². The van der Waals surface area contributed by atoms with Gasteiger partial charge < -0.3 is 0 Å². The Morgan fingerprint density at radius 2 is 1.62 bits per heavy atom. The van der Waals surface area contributed by atoms with Crippen molar-refractivity contribution < 1.29 is 0 Å². The number of fused-ring (bicyclic) bond motifs is 1. The number of hydrogen-bond acceptors (Lipinski definition) is 2. The van der Waals surface area contributed by atoms with Gasteiger partial charge in [-0.1, -0.05) is 0 Å². The van der Waals surface area contributed by atoms with Gasteiger partial charge in [0, 0.05) is 0 Å². The van der Waals surface area contributed by atoms with E-state index in [9.17, 15) is 5.21 Å². The zero-order valence-corrected chi connectivity index (χ0v) is 11.9. The molecule has 0 heterocycles. The van der Waals surface area contributed by atoms with Crippen LogP contribution in [-0.4, -0.2) is 9.86 Å². The molecule has 0 aromatic heterocycles. The molecule has 2 aromatic carbocycles. The SMILES string of the molecule is Cc1ccc2cc(N([O-])I(C)C)ccc2c1. The van der Waals surface area contributed by atoms with E-state index in [1.165, 1.54) is 14.2 Å². The molecule has 0 bridgehead atoms. The molecule has 0 aliphatic carbocycles. The third kappa shape index (κ3) is 2.30. The molecule has 0 aliphatic heterocycles. The summed E-state index contributed by atoms with van der Waals surface area (Å²) in [5, 5.41) is 14.2. The Balaban J connectivity index is 2.48. The molecule has 0 fully saturated rings. The van der Waals surface area contributed by atoms with Gasteiger partial charge in [0.2, 0.25) is 0 Å². The molecule has 2 aromatic rings. The van der Waals surface area contributed by atoms with Gasteiger partial charge in [0.25, 0.3) is 0 Å². The molecular formula is C13H15INO-. The van der Waals surface area contributed by atoms with Crippen LogP contribution in [-0.2, 0) is 0 Å². The first-order valence-corrected chi connectivity index (χ1v) is 10.3. The second-order valence-electron chi connectivity index (χ2n) is 4.00. The van der Waals surface area contributed by atoms with E-state index in [1.807, 2.05) is 18.2 Å². The fourth-order valence-electron chi connectivity index (χ4n) is 1.66. The van der Waals surface area contributed by atoms with Crippen molar-refractivity contribution in [3.05, 3.63) is 47.2 Å². The number of anilines is 1. The molecular weight excluding hydrogens is 313 g/mol. The fourth-order valence-corrected chi connectivity index (χ4v) is 3.07. The van der Waals surface area contributed by atoms with Gasteiger partial charge in [0.1, 0.15) is 0 Å². The van der Waals surface area contributed by atoms with Crippen LogP contribution in [0.3, 0.4) is 0 Å². The predicted octanol–water partition coefficient (Wildman–Crippen LogP) is 4.13. The Morgan fingerprint density at radius 1 is 1.00 bits per heavy atom. The summed E-state index contributed by atoms with van der Waals surface area (Å²) in [6.07, 6.45) is 0. The van der Waals surface area contributed by atoms with Crippen molar-refractivity contribution in [1.29, 1.82) is 0 Å². The summed E-state index contributed by atoms with van der Waals surface area (Å²) >= 11 is -1.47. The van der Waals surface area contributed by atoms with Crippen molar-refractivity contribution in [3.63, 3.8) is 0 Å². The van der Waals surface area contributed by atoms with E-state index in [-0.39, 0.29) is 0 Å². The molecule has 0 aliphatic rings. The van der Waals surface area contributed by atoms with Gasteiger partial charge in [-0.3, -0.25) is 0 Å². The monoisotopic (exact) mass is 328 g/mol. The van der Waals surface area contributed by atoms with Gasteiger partial charge in [-0.15, -0.1) is 0 Å². The summed E-state index contributed by atoms with van der Waals surface area (Å²) in [7, 11) is 0. The maximum absolute atomic E-state index is 11.8. The van der Waals surface area contributed by atoms with Crippen LogP contribution in [0.1, 0.15) is 5.56 Å². The summed E-state index contributed by atoms with van der Waals surface area (Å²) in [5.41, 5.74) is 2.05. The second-order valence-corrected chi connectivity index (χ2v) is 8.96. The maximum atomic E-state index is 11.8. The first kappa shape index (κ1) is 11.7. The van der Waals surface area contributed by atoms with Crippen LogP contribution in [0.4, 0.5) is 5.69 Å². The number of aryl methyl sites for hydroxylation is 1. The van der Waals surface area contributed by atoms with Crippen LogP contribution in [0.15, 0.2) is 36.4 Å². The topological polar surface area (TPSA) is 26.3 Å². The zero-order chi connectivity index (χ0) is 11.7. The quantitative estimate of drug-likeness (QED) is 0.359. The van der Waals surface area contributed by atoms with E-state index in [1.54, 1.807) is 0 Å². The van der Waals surface area contributed by atoms with Gasteiger partial charge in [0.05, 0.1) is 0 Å².